The standard InChI is InChI=1S/C56H36N2/c1-5-15-41-31-47(27-23-37(41)11-1)57(48-28-24-38-12-2-6-16-42(38)32-48)53-35-45-19-10-22-52-54(36-46-20-9-21-51(53)55(46)56(45)52)58(49-29-25-39-13-3-7-17-43(39)33-49)50-30-26-40-14-4-8-18-44(40)34-50/h1-36H. The molecule has 0 unspecified atom stereocenters. The summed E-state index contributed by atoms with van der Waals surface area (Å²) in [6.07, 6.45) is 0. The summed E-state index contributed by atoms with van der Waals surface area (Å²) in [4.78, 5) is 4.92. The molecule has 0 fully saturated rings. The van der Waals surface area contributed by atoms with E-state index in [1.807, 2.05) is 0 Å². The Morgan fingerprint density at radius 2 is 0.483 bits per heavy atom. The van der Waals surface area contributed by atoms with Crippen molar-refractivity contribution in [1.82, 2.24) is 0 Å². The van der Waals surface area contributed by atoms with E-state index in [4.69, 9.17) is 0 Å². The van der Waals surface area contributed by atoms with Gasteiger partial charge in [0.2, 0.25) is 0 Å². The second kappa shape index (κ2) is 12.9. The van der Waals surface area contributed by atoms with Crippen LogP contribution >= 0.6 is 0 Å². The van der Waals surface area contributed by atoms with Gasteiger partial charge in [0.05, 0.1) is 11.4 Å². The highest BCUT2D eigenvalue weighted by Gasteiger charge is 2.24. The lowest BCUT2D eigenvalue weighted by Gasteiger charge is -2.31. The highest BCUT2D eigenvalue weighted by molar-refractivity contribution is 6.29. The molecule has 2 heteroatoms. The summed E-state index contributed by atoms with van der Waals surface area (Å²) in [5.41, 5.74) is 6.83. The van der Waals surface area contributed by atoms with Gasteiger partial charge in [-0.3, -0.25) is 0 Å². The molecule has 58 heavy (non-hydrogen) atoms. The summed E-state index contributed by atoms with van der Waals surface area (Å²) in [5.74, 6) is 0. The van der Waals surface area contributed by atoms with Crippen LogP contribution in [0.5, 0.6) is 0 Å². The van der Waals surface area contributed by atoms with E-state index in [1.54, 1.807) is 0 Å². The zero-order chi connectivity index (χ0) is 38.2. The Hall–Kier alpha value is -7.68. The van der Waals surface area contributed by atoms with Gasteiger partial charge in [0.25, 0.3) is 0 Å². The largest absolute Gasteiger partial charge is 0.310 e. The number of anilines is 6. The quantitative estimate of drug-likeness (QED) is 0.157. The van der Waals surface area contributed by atoms with Gasteiger partial charge in [0.15, 0.2) is 0 Å². The van der Waals surface area contributed by atoms with Crippen molar-refractivity contribution < 1.29 is 0 Å². The molecule has 0 aliphatic carbocycles. The number of benzene rings is 12. The smallest absolute Gasteiger partial charge is 0.0546 e. The molecule has 0 saturated heterocycles. The third-order valence-electron chi connectivity index (χ3n) is 12.0. The van der Waals surface area contributed by atoms with Crippen LogP contribution in [0.15, 0.2) is 218 Å². The minimum atomic E-state index is 1.13. The zero-order valence-electron chi connectivity index (χ0n) is 31.7. The van der Waals surface area contributed by atoms with E-state index in [0.29, 0.717) is 0 Å². The van der Waals surface area contributed by atoms with Gasteiger partial charge in [-0.2, -0.15) is 0 Å². The van der Waals surface area contributed by atoms with E-state index >= 15 is 0 Å². The van der Waals surface area contributed by atoms with E-state index in [-0.39, 0.29) is 0 Å². The fraction of sp³-hybridized carbons (Fsp3) is 0. The number of hydrogen-bond acceptors (Lipinski definition) is 2. The van der Waals surface area contributed by atoms with Crippen LogP contribution < -0.4 is 9.80 Å². The van der Waals surface area contributed by atoms with Crippen LogP contribution in [0.25, 0.3) is 75.4 Å². The van der Waals surface area contributed by atoms with Gasteiger partial charge in [0.1, 0.15) is 0 Å². The van der Waals surface area contributed by atoms with Crippen molar-refractivity contribution >= 4 is 110 Å². The normalized spacial score (nSPS) is 11.8. The Morgan fingerprint density at radius 1 is 0.207 bits per heavy atom. The molecule has 0 radical (unpaired) electrons. The topological polar surface area (TPSA) is 6.48 Å². The Labute approximate surface area is 336 Å². The maximum absolute atomic E-state index is 2.46. The number of nitrogens with zero attached hydrogens (tertiary/aromatic N) is 2. The van der Waals surface area contributed by atoms with E-state index < -0.39 is 0 Å². The lowest BCUT2D eigenvalue weighted by atomic mass is 9.90. The minimum Gasteiger partial charge on any atom is -0.310 e. The molecule has 0 spiro atoms. The first-order valence-corrected chi connectivity index (χ1v) is 20.0. The molecule has 2 nitrogen and oxygen atoms in total. The maximum Gasteiger partial charge on any atom is 0.0546 e. The summed E-state index contributed by atoms with van der Waals surface area (Å²) in [6.45, 7) is 0. The molecular formula is C56H36N2. The lowest BCUT2D eigenvalue weighted by Crippen LogP contribution is -2.12. The van der Waals surface area contributed by atoms with Crippen LogP contribution in [0.3, 0.4) is 0 Å². The molecule has 0 aromatic heterocycles. The minimum absolute atomic E-state index is 1.13. The monoisotopic (exact) mass is 736 g/mol. The molecule has 0 aliphatic heterocycles. The average molecular weight is 737 g/mol. The fourth-order valence-electron chi connectivity index (χ4n) is 9.30. The highest BCUT2D eigenvalue weighted by atomic mass is 15.2. The van der Waals surface area contributed by atoms with Gasteiger partial charge in [-0.15, -0.1) is 0 Å². The Morgan fingerprint density at radius 3 is 0.793 bits per heavy atom. The second-order valence-electron chi connectivity index (χ2n) is 15.4. The zero-order valence-corrected chi connectivity index (χ0v) is 31.7. The maximum atomic E-state index is 2.46. The molecule has 0 atom stereocenters. The van der Waals surface area contributed by atoms with Gasteiger partial charge in [-0.05, 0) is 125 Å². The number of hydrogen-bond donors (Lipinski definition) is 0. The average Bonchev–Trinajstić information content (AvgIpc) is 3.28. The lowest BCUT2D eigenvalue weighted by molar-refractivity contribution is 1.31. The van der Waals surface area contributed by atoms with Crippen molar-refractivity contribution in [3.8, 4) is 0 Å². The summed E-state index contributed by atoms with van der Waals surface area (Å²) in [6, 6.07) is 80.4. The first-order valence-electron chi connectivity index (χ1n) is 20.0. The summed E-state index contributed by atoms with van der Waals surface area (Å²) < 4.78 is 0. The molecule has 0 heterocycles. The van der Waals surface area contributed by atoms with Crippen LogP contribution in [-0.2, 0) is 0 Å². The number of rotatable bonds is 6. The molecule has 0 amide bonds. The summed E-state index contributed by atoms with van der Waals surface area (Å²) in [7, 11) is 0. The number of fused-ring (bicyclic) bond motifs is 4. The second-order valence-corrected chi connectivity index (χ2v) is 15.4. The van der Waals surface area contributed by atoms with Crippen LogP contribution in [0.1, 0.15) is 0 Å². The van der Waals surface area contributed by atoms with Crippen LogP contribution in [0.2, 0.25) is 0 Å². The van der Waals surface area contributed by atoms with Crippen LogP contribution in [-0.4, -0.2) is 0 Å². The van der Waals surface area contributed by atoms with E-state index in [1.165, 1.54) is 75.4 Å². The van der Waals surface area contributed by atoms with Gasteiger partial charge in [-0.25, -0.2) is 0 Å². The predicted molar refractivity (Wildman–Crippen MR) is 250 cm³/mol. The molecule has 12 aromatic carbocycles. The molecule has 270 valence electrons. The van der Waals surface area contributed by atoms with Crippen molar-refractivity contribution in [1.29, 1.82) is 0 Å². The predicted octanol–water partition coefficient (Wildman–Crippen LogP) is 16.1. The molecule has 12 aromatic rings. The van der Waals surface area contributed by atoms with Gasteiger partial charge < -0.3 is 9.80 Å². The van der Waals surface area contributed by atoms with Crippen molar-refractivity contribution in [3.05, 3.63) is 218 Å². The van der Waals surface area contributed by atoms with E-state index in [2.05, 4.69) is 228 Å². The van der Waals surface area contributed by atoms with Gasteiger partial charge in [-0.1, -0.05) is 158 Å². The Balaban J connectivity index is 1.13. The van der Waals surface area contributed by atoms with E-state index in [0.717, 1.165) is 34.1 Å². The van der Waals surface area contributed by atoms with Crippen LogP contribution in [0.4, 0.5) is 34.1 Å². The highest BCUT2D eigenvalue weighted by Crippen LogP contribution is 2.50. The van der Waals surface area contributed by atoms with Crippen molar-refractivity contribution in [3.63, 3.8) is 0 Å². The molecule has 0 saturated carbocycles. The van der Waals surface area contributed by atoms with Crippen molar-refractivity contribution in [2.75, 3.05) is 9.80 Å². The molecule has 0 N–H and O–H groups in total. The first-order chi connectivity index (χ1) is 28.7. The Kier molecular flexibility index (Phi) is 7.26. The van der Waals surface area contributed by atoms with Crippen molar-refractivity contribution in [2.45, 2.75) is 0 Å². The third kappa shape index (κ3) is 5.19. The third-order valence-corrected chi connectivity index (χ3v) is 12.0. The molecular weight excluding hydrogens is 701 g/mol. The van der Waals surface area contributed by atoms with Crippen LogP contribution in [0, 0.1) is 0 Å². The molecule has 0 bridgehead atoms. The fourth-order valence-corrected chi connectivity index (χ4v) is 9.30. The molecule has 0 aliphatic rings. The molecule has 12 rings (SSSR count). The van der Waals surface area contributed by atoms with E-state index in [9.17, 15) is 0 Å². The first kappa shape index (κ1) is 32.6. The SMILES string of the molecule is c1ccc2cc(N(c3ccc4ccccc4c3)c3cc4cccc5c(N(c6ccc7ccccc7c6)c6ccc7ccccc7c6)cc6cccc3c6c45)ccc2c1. The van der Waals surface area contributed by atoms with Gasteiger partial charge >= 0.3 is 0 Å². The Bertz CT molecular complexity index is 3150. The van der Waals surface area contributed by atoms with Crippen molar-refractivity contribution in [2.24, 2.45) is 0 Å². The summed E-state index contributed by atoms with van der Waals surface area (Å²) >= 11 is 0. The van der Waals surface area contributed by atoms with Gasteiger partial charge in [0, 0.05) is 33.5 Å². The summed E-state index contributed by atoms with van der Waals surface area (Å²) in [5, 5.41) is 17.2.